The van der Waals surface area contributed by atoms with Gasteiger partial charge in [-0.3, -0.25) is 19.5 Å². The number of alkyl halides is 1. The highest BCUT2D eigenvalue weighted by Gasteiger charge is 2.55. The molecule has 0 radical (unpaired) electrons. The third kappa shape index (κ3) is 5.22. The Hall–Kier alpha value is -2.86. The molecule has 0 unspecified atom stereocenters. The number of nitrogens with one attached hydrogen (secondary N) is 2. The second-order valence-electron chi connectivity index (χ2n) is 9.39. The van der Waals surface area contributed by atoms with E-state index in [1.165, 1.54) is 24.2 Å². The molecule has 1 aliphatic heterocycles. The molecule has 1 saturated carbocycles. The molecule has 2 aromatic rings. The van der Waals surface area contributed by atoms with Gasteiger partial charge in [-0.25, -0.2) is 9.37 Å². The van der Waals surface area contributed by atoms with E-state index >= 15 is 4.39 Å². The summed E-state index contributed by atoms with van der Waals surface area (Å²) in [5.74, 6) is 0.0313. The number of halogens is 1. The Balaban J connectivity index is 1.52. The quantitative estimate of drug-likeness (QED) is 0.474. The molecule has 3 heterocycles. The molecule has 1 amide bonds. The van der Waals surface area contributed by atoms with Gasteiger partial charge in [0, 0.05) is 19.9 Å². The van der Waals surface area contributed by atoms with Gasteiger partial charge in [-0.2, -0.15) is 9.97 Å². The van der Waals surface area contributed by atoms with Crippen molar-refractivity contribution in [3.8, 4) is 0 Å². The van der Waals surface area contributed by atoms with Crippen LogP contribution in [-0.4, -0.2) is 68.0 Å². The Labute approximate surface area is 202 Å². The Bertz CT molecular complexity index is 1070. The highest BCUT2D eigenvalue weighted by molar-refractivity contribution is 5.91. The number of ether oxygens (including phenoxy) is 2. The lowest BCUT2D eigenvalue weighted by Gasteiger charge is -2.24. The average molecular weight is 493 g/mol. The molecule has 2 aliphatic rings. The highest BCUT2D eigenvalue weighted by Crippen LogP contribution is 2.43. The minimum absolute atomic E-state index is 0.0303. The second-order valence-corrected chi connectivity index (χ2v) is 9.39. The van der Waals surface area contributed by atoms with E-state index in [2.05, 4.69) is 25.6 Å². The van der Waals surface area contributed by atoms with Crippen LogP contribution in [0.15, 0.2) is 6.33 Å². The summed E-state index contributed by atoms with van der Waals surface area (Å²) in [4.78, 5) is 37.0. The van der Waals surface area contributed by atoms with Crippen molar-refractivity contribution in [2.45, 2.75) is 82.9 Å². The lowest BCUT2D eigenvalue weighted by atomic mass is 9.87. The molecule has 1 aliphatic carbocycles. The smallest absolute Gasteiger partial charge is 0.306 e. The normalized spacial score (nSPS) is 27.2. The van der Waals surface area contributed by atoms with Crippen molar-refractivity contribution in [1.82, 2.24) is 19.5 Å². The maximum atomic E-state index is 15.8. The number of esters is 1. The van der Waals surface area contributed by atoms with Crippen LogP contribution in [-0.2, 0) is 19.1 Å². The van der Waals surface area contributed by atoms with E-state index in [1.807, 2.05) is 0 Å². The van der Waals surface area contributed by atoms with Crippen LogP contribution in [0, 0.1) is 5.92 Å². The molecule has 192 valence electrons. The first-order valence-corrected chi connectivity index (χ1v) is 12.1. The van der Waals surface area contributed by atoms with E-state index < -0.39 is 24.1 Å². The van der Waals surface area contributed by atoms with Gasteiger partial charge in [-0.05, 0) is 25.7 Å². The number of aliphatic hydroxyl groups excluding tert-OH is 1. The van der Waals surface area contributed by atoms with Gasteiger partial charge in [0.25, 0.3) is 0 Å². The number of anilines is 2. The van der Waals surface area contributed by atoms with Crippen LogP contribution in [0.1, 0.15) is 65.0 Å². The van der Waals surface area contributed by atoms with Gasteiger partial charge in [0.05, 0.1) is 6.33 Å². The van der Waals surface area contributed by atoms with Crippen molar-refractivity contribution in [1.29, 1.82) is 0 Å². The first-order chi connectivity index (χ1) is 16.7. The van der Waals surface area contributed by atoms with Gasteiger partial charge < -0.3 is 19.9 Å². The molecule has 0 bridgehead atoms. The van der Waals surface area contributed by atoms with Gasteiger partial charge in [-0.15, -0.1) is 0 Å². The molecule has 35 heavy (non-hydrogen) atoms. The molecule has 4 atom stereocenters. The molecule has 0 spiro atoms. The number of aliphatic hydroxyl groups is 1. The molecule has 2 aromatic heterocycles. The fraction of sp³-hybridized carbons (Fsp3) is 0.696. The highest BCUT2D eigenvalue weighted by atomic mass is 19.1. The molecular weight excluding hydrogens is 459 g/mol. The predicted octanol–water partition coefficient (Wildman–Crippen LogP) is 2.72. The summed E-state index contributed by atoms with van der Waals surface area (Å²) >= 11 is 0. The fourth-order valence-corrected chi connectivity index (χ4v) is 4.74. The molecule has 2 fully saturated rings. The summed E-state index contributed by atoms with van der Waals surface area (Å²) in [5.41, 5.74) is -1.67. The fourth-order valence-electron chi connectivity index (χ4n) is 4.74. The minimum atomic E-state index is -2.23. The van der Waals surface area contributed by atoms with Crippen molar-refractivity contribution in [3.63, 3.8) is 0 Å². The van der Waals surface area contributed by atoms with E-state index in [-0.39, 0.29) is 36.5 Å². The number of hydrogen-bond donors (Lipinski definition) is 3. The van der Waals surface area contributed by atoms with Crippen LogP contribution in [0.3, 0.4) is 0 Å². The van der Waals surface area contributed by atoms with E-state index in [0.29, 0.717) is 23.7 Å². The largest absolute Gasteiger partial charge is 0.463 e. The Morgan fingerprint density at radius 2 is 2.06 bits per heavy atom. The summed E-state index contributed by atoms with van der Waals surface area (Å²) in [6.07, 6.45) is 3.44. The van der Waals surface area contributed by atoms with E-state index in [0.717, 1.165) is 25.7 Å². The Kier molecular flexibility index (Phi) is 7.50. The summed E-state index contributed by atoms with van der Waals surface area (Å²) in [6.45, 7) is 2.66. The van der Waals surface area contributed by atoms with Crippen molar-refractivity contribution < 1.29 is 28.6 Å². The van der Waals surface area contributed by atoms with E-state index in [4.69, 9.17) is 9.47 Å². The van der Waals surface area contributed by atoms with Gasteiger partial charge in [0.2, 0.25) is 11.9 Å². The lowest BCUT2D eigenvalue weighted by Crippen LogP contribution is -2.41. The maximum Gasteiger partial charge on any atom is 0.306 e. The average Bonchev–Trinajstić information content (AvgIpc) is 3.36. The zero-order valence-corrected chi connectivity index (χ0v) is 20.3. The molecular formula is C23H33FN6O5. The van der Waals surface area contributed by atoms with Crippen LogP contribution >= 0.6 is 0 Å². The Morgan fingerprint density at radius 3 is 2.74 bits per heavy atom. The third-order valence-electron chi connectivity index (χ3n) is 6.79. The SMILES string of the molecule is CCC(=O)Nc1nc(NC)c2ncn([C@@H]3O[C@H](COC(=O)CC4CCCCC4)[C@@H](O)[C@@]3(C)F)c2n1. The lowest BCUT2D eigenvalue weighted by molar-refractivity contribution is -0.151. The first kappa shape index (κ1) is 25.2. The molecule has 3 N–H and O–H groups in total. The summed E-state index contributed by atoms with van der Waals surface area (Å²) in [7, 11) is 1.64. The third-order valence-corrected chi connectivity index (χ3v) is 6.79. The van der Waals surface area contributed by atoms with Crippen molar-refractivity contribution in [2.24, 2.45) is 5.92 Å². The van der Waals surface area contributed by atoms with E-state index in [9.17, 15) is 14.7 Å². The van der Waals surface area contributed by atoms with Crippen molar-refractivity contribution >= 4 is 34.8 Å². The minimum Gasteiger partial charge on any atom is -0.463 e. The van der Waals surface area contributed by atoms with E-state index in [1.54, 1.807) is 14.0 Å². The number of carbonyl (C=O) groups excluding carboxylic acids is 2. The number of nitrogens with zero attached hydrogens (tertiary/aromatic N) is 4. The van der Waals surface area contributed by atoms with Gasteiger partial charge in [-0.1, -0.05) is 26.2 Å². The number of aromatic nitrogens is 4. The number of carbonyl (C=O) groups is 2. The zero-order chi connectivity index (χ0) is 25.2. The first-order valence-electron chi connectivity index (χ1n) is 12.1. The topological polar surface area (TPSA) is 140 Å². The number of amides is 1. The molecule has 11 nitrogen and oxygen atoms in total. The van der Waals surface area contributed by atoms with Crippen LogP contribution in [0.5, 0.6) is 0 Å². The summed E-state index contributed by atoms with van der Waals surface area (Å²) in [5, 5.41) is 16.1. The molecule has 12 heteroatoms. The summed E-state index contributed by atoms with van der Waals surface area (Å²) < 4.78 is 28.3. The predicted molar refractivity (Wildman–Crippen MR) is 125 cm³/mol. The number of fused-ring (bicyclic) bond motifs is 1. The maximum absolute atomic E-state index is 15.8. The number of rotatable bonds is 8. The monoisotopic (exact) mass is 492 g/mol. The van der Waals surface area contributed by atoms with Crippen LogP contribution in [0.2, 0.25) is 0 Å². The van der Waals surface area contributed by atoms with Crippen LogP contribution in [0.4, 0.5) is 16.2 Å². The van der Waals surface area contributed by atoms with Crippen molar-refractivity contribution in [2.75, 3.05) is 24.3 Å². The zero-order valence-electron chi connectivity index (χ0n) is 20.3. The number of imidazole rings is 1. The van der Waals surface area contributed by atoms with Gasteiger partial charge in [0.15, 0.2) is 28.9 Å². The van der Waals surface area contributed by atoms with Crippen LogP contribution < -0.4 is 10.6 Å². The van der Waals surface area contributed by atoms with Crippen LogP contribution in [0.25, 0.3) is 11.2 Å². The van der Waals surface area contributed by atoms with Gasteiger partial charge in [0.1, 0.15) is 18.8 Å². The second kappa shape index (κ2) is 10.4. The number of hydrogen-bond acceptors (Lipinski definition) is 9. The molecule has 1 saturated heterocycles. The standard InChI is InChI=1S/C23H33FN6O5/c1-4-15(31)27-22-28-19(25-3)17-20(29-22)30(12-26-17)21-23(2,24)18(33)14(35-21)11-34-16(32)10-13-8-6-5-7-9-13/h12-14,18,21,33H,4-11H2,1-3H3,(H2,25,27,28,29,31)/t14-,18-,21-,23-/m1/s1. The molecule has 0 aromatic carbocycles. The Morgan fingerprint density at radius 1 is 1.31 bits per heavy atom. The summed E-state index contributed by atoms with van der Waals surface area (Å²) in [6, 6.07) is 0. The molecule has 4 rings (SSSR count). The van der Waals surface area contributed by atoms with Crippen molar-refractivity contribution in [3.05, 3.63) is 6.33 Å². The van der Waals surface area contributed by atoms with Gasteiger partial charge >= 0.3 is 5.97 Å².